The van der Waals surface area contributed by atoms with Crippen LogP contribution in [-0.4, -0.2) is 10.9 Å². The molecule has 3 aromatic rings. The summed E-state index contributed by atoms with van der Waals surface area (Å²) in [6.45, 7) is 8.79. The number of Topliss-reactive ketones (excluding diaryl/α,β-unsaturated/α-hetero) is 1. The van der Waals surface area contributed by atoms with E-state index < -0.39 is 0 Å². The molecule has 1 N–H and O–H groups in total. The van der Waals surface area contributed by atoms with Gasteiger partial charge in [0.1, 0.15) is 5.75 Å². The van der Waals surface area contributed by atoms with E-state index in [1.165, 1.54) is 33.4 Å². The molecule has 0 saturated heterocycles. The standard InChI is InChI=1S/C33H36O2/c1-5-7-24-15-28-16-26-17-29(18-27(26)19-30(28)33(24)35)32-23(8-6-9-31(32)34)13-21(3)14-25-12-20(2)10-11-22(25)4/h6,8-12,16,18-19,21,24,34H,5,7,13-15,17H2,1-4H3. The van der Waals surface area contributed by atoms with E-state index >= 15 is 0 Å². The molecular formula is C33H36O2. The van der Waals surface area contributed by atoms with Gasteiger partial charge in [0, 0.05) is 17.0 Å². The van der Waals surface area contributed by atoms with Crippen molar-refractivity contribution >= 4 is 17.4 Å². The van der Waals surface area contributed by atoms with Crippen LogP contribution >= 0.6 is 0 Å². The summed E-state index contributed by atoms with van der Waals surface area (Å²) in [5.41, 5.74) is 11.9. The van der Waals surface area contributed by atoms with Crippen LogP contribution in [0, 0.1) is 25.7 Å². The Balaban J connectivity index is 1.41. The molecule has 35 heavy (non-hydrogen) atoms. The fourth-order valence-electron chi connectivity index (χ4n) is 6.13. The predicted molar refractivity (Wildman–Crippen MR) is 145 cm³/mol. The molecule has 0 fully saturated rings. The SMILES string of the molecule is CCCC1Cc2cc3c(cc2C1=O)C=C(c1c(O)cccc1CC(C)Cc1cc(C)ccc1C)C3. The first-order chi connectivity index (χ1) is 16.8. The lowest BCUT2D eigenvalue weighted by molar-refractivity contribution is 0.0930. The lowest BCUT2D eigenvalue weighted by atomic mass is 9.87. The van der Waals surface area contributed by atoms with Gasteiger partial charge in [-0.1, -0.05) is 68.3 Å². The monoisotopic (exact) mass is 464 g/mol. The molecule has 0 aliphatic heterocycles. The molecule has 0 radical (unpaired) electrons. The van der Waals surface area contributed by atoms with Crippen molar-refractivity contribution in [2.75, 3.05) is 0 Å². The smallest absolute Gasteiger partial charge is 0.166 e. The Morgan fingerprint density at radius 1 is 1.00 bits per heavy atom. The summed E-state index contributed by atoms with van der Waals surface area (Å²) < 4.78 is 0. The third-order valence-corrected chi connectivity index (χ3v) is 7.91. The zero-order chi connectivity index (χ0) is 24.7. The molecule has 2 nitrogen and oxygen atoms in total. The van der Waals surface area contributed by atoms with Gasteiger partial charge in [-0.25, -0.2) is 0 Å². The van der Waals surface area contributed by atoms with Gasteiger partial charge in [-0.05, 0) is 103 Å². The highest BCUT2D eigenvalue weighted by Gasteiger charge is 2.32. The Kier molecular flexibility index (Phi) is 6.40. The van der Waals surface area contributed by atoms with E-state index in [0.717, 1.165) is 60.8 Å². The number of ketones is 1. The van der Waals surface area contributed by atoms with Crippen LogP contribution in [0.25, 0.3) is 11.6 Å². The number of hydrogen-bond donors (Lipinski definition) is 1. The molecule has 2 unspecified atom stereocenters. The van der Waals surface area contributed by atoms with Gasteiger partial charge in [0.2, 0.25) is 0 Å². The van der Waals surface area contributed by atoms with Gasteiger partial charge in [0.15, 0.2) is 5.78 Å². The Morgan fingerprint density at radius 2 is 1.80 bits per heavy atom. The average molecular weight is 465 g/mol. The van der Waals surface area contributed by atoms with Gasteiger partial charge in [-0.15, -0.1) is 0 Å². The average Bonchev–Trinajstić information content (AvgIpc) is 3.35. The van der Waals surface area contributed by atoms with Crippen LogP contribution in [0.5, 0.6) is 5.75 Å². The Hall–Kier alpha value is -3.13. The molecule has 0 spiro atoms. The van der Waals surface area contributed by atoms with Crippen LogP contribution in [-0.2, 0) is 25.7 Å². The highest BCUT2D eigenvalue weighted by Crippen LogP contribution is 2.41. The molecular weight excluding hydrogens is 428 g/mol. The number of aromatic hydroxyl groups is 1. The fraction of sp³-hybridized carbons (Fsp3) is 0.364. The number of carbonyl (C=O) groups is 1. The highest BCUT2D eigenvalue weighted by atomic mass is 16.3. The van der Waals surface area contributed by atoms with Crippen molar-refractivity contribution < 1.29 is 9.90 Å². The number of benzene rings is 3. The second-order valence-corrected chi connectivity index (χ2v) is 10.9. The lowest BCUT2D eigenvalue weighted by Crippen LogP contribution is -2.08. The second-order valence-electron chi connectivity index (χ2n) is 10.9. The van der Waals surface area contributed by atoms with Gasteiger partial charge in [0.25, 0.3) is 0 Å². The van der Waals surface area contributed by atoms with E-state index in [1.54, 1.807) is 6.07 Å². The van der Waals surface area contributed by atoms with E-state index in [9.17, 15) is 9.90 Å². The van der Waals surface area contributed by atoms with Crippen LogP contribution in [0.2, 0.25) is 0 Å². The maximum absolute atomic E-state index is 12.9. The number of fused-ring (bicyclic) bond motifs is 2. The number of phenolic OH excluding ortho intramolecular Hbond substituents is 1. The number of rotatable bonds is 7. The van der Waals surface area contributed by atoms with Crippen LogP contribution in [0.1, 0.15) is 81.6 Å². The van der Waals surface area contributed by atoms with Gasteiger partial charge >= 0.3 is 0 Å². The summed E-state index contributed by atoms with van der Waals surface area (Å²) in [5, 5.41) is 10.9. The molecule has 2 aliphatic rings. The Morgan fingerprint density at radius 3 is 2.60 bits per heavy atom. The molecule has 0 aromatic heterocycles. The van der Waals surface area contributed by atoms with Crippen molar-refractivity contribution in [1.82, 2.24) is 0 Å². The van der Waals surface area contributed by atoms with E-state index in [-0.39, 0.29) is 5.92 Å². The van der Waals surface area contributed by atoms with Crippen molar-refractivity contribution in [3.63, 3.8) is 0 Å². The molecule has 0 heterocycles. The predicted octanol–water partition coefficient (Wildman–Crippen LogP) is 7.68. The van der Waals surface area contributed by atoms with Crippen molar-refractivity contribution in [2.45, 2.75) is 66.2 Å². The molecule has 0 bridgehead atoms. The number of phenols is 1. The van der Waals surface area contributed by atoms with Crippen LogP contribution in [0.3, 0.4) is 0 Å². The third-order valence-electron chi connectivity index (χ3n) is 7.91. The number of hydrogen-bond acceptors (Lipinski definition) is 2. The zero-order valence-corrected chi connectivity index (χ0v) is 21.4. The zero-order valence-electron chi connectivity index (χ0n) is 21.4. The summed E-state index contributed by atoms with van der Waals surface area (Å²) in [5.74, 6) is 1.28. The highest BCUT2D eigenvalue weighted by molar-refractivity contribution is 6.04. The number of carbonyl (C=O) groups excluding carboxylic acids is 1. The summed E-state index contributed by atoms with van der Waals surface area (Å²) in [6, 6.07) is 17.0. The van der Waals surface area contributed by atoms with Gasteiger partial charge in [-0.2, -0.15) is 0 Å². The fourth-order valence-corrected chi connectivity index (χ4v) is 6.13. The van der Waals surface area contributed by atoms with Gasteiger partial charge in [-0.3, -0.25) is 4.79 Å². The van der Waals surface area contributed by atoms with E-state index in [1.807, 2.05) is 6.07 Å². The van der Waals surface area contributed by atoms with Crippen molar-refractivity contribution in [1.29, 1.82) is 0 Å². The van der Waals surface area contributed by atoms with Gasteiger partial charge in [0.05, 0.1) is 0 Å². The first-order valence-corrected chi connectivity index (χ1v) is 13.1. The van der Waals surface area contributed by atoms with E-state index in [2.05, 4.69) is 70.2 Å². The van der Waals surface area contributed by atoms with Crippen molar-refractivity contribution in [2.24, 2.45) is 11.8 Å². The number of aryl methyl sites for hydroxylation is 2. The van der Waals surface area contributed by atoms with Crippen LogP contribution in [0.4, 0.5) is 0 Å². The molecule has 5 rings (SSSR count). The molecule has 2 heteroatoms. The summed E-state index contributed by atoms with van der Waals surface area (Å²) in [4.78, 5) is 12.9. The first kappa shape index (κ1) is 23.6. The summed E-state index contributed by atoms with van der Waals surface area (Å²) in [6.07, 6.45) is 7.85. The van der Waals surface area contributed by atoms with E-state index in [4.69, 9.17) is 0 Å². The van der Waals surface area contributed by atoms with Crippen LogP contribution in [0.15, 0.2) is 48.5 Å². The largest absolute Gasteiger partial charge is 0.507 e. The molecule has 3 aromatic carbocycles. The minimum atomic E-state index is 0.157. The minimum absolute atomic E-state index is 0.157. The van der Waals surface area contributed by atoms with Crippen molar-refractivity contribution in [3.8, 4) is 5.75 Å². The molecule has 0 amide bonds. The molecule has 180 valence electrons. The van der Waals surface area contributed by atoms with E-state index in [0.29, 0.717) is 17.5 Å². The second kappa shape index (κ2) is 9.49. The summed E-state index contributed by atoms with van der Waals surface area (Å²) >= 11 is 0. The topological polar surface area (TPSA) is 37.3 Å². The molecule has 2 aliphatic carbocycles. The minimum Gasteiger partial charge on any atom is -0.507 e. The lowest BCUT2D eigenvalue weighted by Gasteiger charge is -2.18. The van der Waals surface area contributed by atoms with Crippen molar-refractivity contribution in [3.05, 3.63) is 98.6 Å². The normalized spacial score (nSPS) is 17.3. The van der Waals surface area contributed by atoms with Gasteiger partial charge < -0.3 is 5.11 Å². The third kappa shape index (κ3) is 4.59. The Bertz CT molecular complexity index is 1330. The maximum Gasteiger partial charge on any atom is 0.166 e. The summed E-state index contributed by atoms with van der Waals surface area (Å²) in [7, 11) is 0. The quantitative estimate of drug-likeness (QED) is 0.389. The first-order valence-electron chi connectivity index (χ1n) is 13.1. The maximum atomic E-state index is 12.9. The molecule has 0 saturated carbocycles. The molecule has 2 atom stereocenters. The Labute approximate surface area is 209 Å². The number of allylic oxidation sites excluding steroid dienone is 1. The van der Waals surface area contributed by atoms with Crippen LogP contribution < -0.4 is 0 Å².